The Morgan fingerprint density at radius 1 is 0.807 bits per heavy atom. The topological polar surface area (TPSA) is 190 Å². The minimum atomic E-state index is -4.00. The number of amides is 1. The summed E-state index contributed by atoms with van der Waals surface area (Å²) in [4.78, 5) is 44.0. The molecule has 0 saturated carbocycles. The number of alkyl carbamates (subject to hydrolysis) is 1. The number of carbonyl (C=O) groups is 2. The first kappa shape index (κ1) is 44.2. The minimum absolute atomic E-state index is 0.0186. The number of rotatable bonds is 13. The summed E-state index contributed by atoms with van der Waals surface area (Å²) in [5, 5.41) is 6.89. The highest BCUT2D eigenvalue weighted by Gasteiger charge is 2.35. The van der Waals surface area contributed by atoms with Crippen LogP contribution in [0.25, 0.3) is 21.5 Å². The number of fused-ring (bicyclic) bond motifs is 2. The van der Waals surface area contributed by atoms with E-state index < -0.39 is 50.5 Å². The van der Waals surface area contributed by atoms with E-state index in [2.05, 4.69) is 16.0 Å². The highest BCUT2D eigenvalue weighted by atomic mass is 32.2. The first-order valence-corrected chi connectivity index (χ1v) is 22.4. The predicted molar refractivity (Wildman–Crippen MR) is 219 cm³/mol. The van der Waals surface area contributed by atoms with E-state index in [1.807, 2.05) is 34.6 Å². The van der Waals surface area contributed by atoms with Crippen molar-refractivity contribution in [2.75, 3.05) is 38.5 Å². The van der Waals surface area contributed by atoms with Crippen LogP contribution < -0.4 is 10.8 Å². The molecule has 3 aromatic carbocycles. The molecule has 314 valence electrons. The van der Waals surface area contributed by atoms with Crippen molar-refractivity contribution in [1.29, 1.82) is 0 Å². The molecule has 0 radical (unpaired) electrons. The zero-order valence-corrected chi connectivity index (χ0v) is 36.0. The number of ether oxygens (including phenoxy) is 2. The molecule has 2 heterocycles. The van der Waals surface area contributed by atoms with Gasteiger partial charge in [0.1, 0.15) is 17.3 Å². The average molecular weight is 832 g/mol. The normalized spacial score (nSPS) is 22.5. The first-order valence-electron chi connectivity index (χ1n) is 19.6. The standard InChI is InChI=1S/C40H57N5O10S2/c1-10-28(6)35(41-39(47)55-40(7,8)9)38(46)53-23-54-43-37-33-17-29(56(49,50)44-19-24(2)15-25(3)20-44)11-13-31(33)36(42-48)32-14-12-30(18-34(32)37)57(51,52)45-21-26(4)16-27(5)22-45/h11-14,17-18,24-28,35,43H,10,15-16,19-23H2,1-9H3,(H,41,47)/t24-,25+,26-,27+,28?,35?. The zero-order valence-electron chi connectivity index (χ0n) is 34.3. The quantitative estimate of drug-likeness (QED) is 0.0433. The second-order valence-corrected chi connectivity index (χ2v) is 21.0. The Hall–Kier alpha value is -3.90. The van der Waals surface area contributed by atoms with Crippen molar-refractivity contribution in [2.24, 2.45) is 34.8 Å². The Balaban J connectivity index is 1.57. The fourth-order valence-electron chi connectivity index (χ4n) is 7.98. The molecule has 17 heteroatoms. The third-order valence-electron chi connectivity index (χ3n) is 10.6. The van der Waals surface area contributed by atoms with Gasteiger partial charge in [0.05, 0.1) is 15.5 Å². The SMILES string of the molecule is CCC(C)C(NC(=O)OC(C)(C)C)C(=O)OCONc1c2cc(S(=O)(=O)N3C[C@H](C)C[C@H](C)C3)ccc2c(N=O)c2ccc(S(=O)(=O)N3C[C@H](C)C[C@H](C)C3)cc12. The van der Waals surface area contributed by atoms with E-state index in [1.165, 1.54) is 45.0 Å². The Morgan fingerprint density at radius 2 is 1.26 bits per heavy atom. The summed E-state index contributed by atoms with van der Waals surface area (Å²) in [6.07, 6.45) is 1.54. The maximum atomic E-state index is 14.1. The summed E-state index contributed by atoms with van der Waals surface area (Å²) < 4.78 is 70.1. The van der Waals surface area contributed by atoms with E-state index >= 15 is 0 Å². The maximum absolute atomic E-state index is 14.1. The number of anilines is 1. The number of hydrogen-bond acceptors (Lipinski definition) is 12. The second kappa shape index (κ2) is 17.5. The summed E-state index contributed by atoms with van der Waals surface area (Å²) in [7, 11) is -8.01. The Labute approximate surface area is 336 Å². The molecule has 5 rings (SSSR count). The second-order valence-electron chi connectivity index (χ2n) is 17.1. The van der Waals surface area contributed by atoms with Crippen molar-refractivity contribution >= 4 is 65.0 Å². The van der Waals surface area contributed by atoms with Gasteiger partial charge in [0, 0.05) is 47.7 Å². The van der Waals surface area contributed by atoms with E-state index in [0.717, 1.165) is 12.8 Å². The van der Waals surface area contributed by atoms with Crippen LogP contribution in [0.2, 0.25) is 0 Å². The summed E-state index contributed by atoms with van der Waals surface area (Å²) in [6.45, 7) is 17.5. The fraction of sp³-hybridized carbons (Fsp3) is 0.600. The molecule has 0 aromatic heterocycles. The third-order valence-corrected chi connectivity index (χ3v) is 14.3. The first-order chi connectivity index (χ1) is 26.7. The van der Waals surface area contributed by atoms with Gasteiger partial charge < -0.3 is 14.8 Å². The Kier molecular flexibility index (Phi) is 13.6. The number of nitrogens with zero attached hydrogens (tertiary/aromatic N) is 3. The van der Waals surface area contributed by atoms with Gasteiger partial charge in [-0.25, -0.2) is 31.3 Å². The number of nitrogens with one attached hydrogen (secondary N) is 2. The zero-order chi connectivity index (χ0) is 42.0. The number of piperidine rings is 2. The van der Waals surface area contributed by atoms with Crippen LogP contribution in [0, 0.1) is 34.5 Å². The molecule has 15 nitrogen and oxygen atoms in total. The molecular formula is C40H57N5O10S2. The van der Waals surface area contributed by atoms with Crippen molar-refractivity contribution < 1.29 is 40.7 Å². The minimum Gasteiger partial charge on any atom is -0.444 e. The van der Waals surface area contributed by atoms with Crippen LogP contribution in [0.5, 0.6) is 0 Å². The highest BCUT2D eigenvalue weighted by Crippen LogP contribution is 2.44. The van der Waals surface area contributed by atoms with Crippen LogP contribution in [-0.2, 0) is 39.2 Å². The molecule has 2 N–H and O–H groups in total. The lowest BCUT2D eigenvalue weighted by molar-refractivity contribution is -0.158. The Morgan fingerprint density at radius 3 is 1.67 bits per heavy atom. The van der Waals surface area contributed by atoms with Crippen LogP contribution in [0.4, 0.5) is 16.2 Å². The van der Waals surface area contributed by atoms with E-state index in [-0.39, 0.29) is 72.3 Å². The monoisotopic (exact) mass is 831 g/mol. The lowest BCUT2D eigenvalue weighted by Crippen LogP contribution is -2.47. The summed E-state index contributed by atoms with van der Waals surface area (Å²) in [5.41, 5.74) is 2.10. The van der Waals surface area contributed by atoms with Gasteiger partial charge in [-0.15, -0.1) is 4.91 Å². The molecule has 3 aromatic rings. The van der Waals surface area contributed by atoms with Crippen LogP contribution in [0.1, 0.15) is 81.6 Å². The van der Waals surface area contributed by atoms with Crippen molar-refractivity contribution in [3.05, 3.63) is 41.3 Å². The van der Waals surface area contributed by atoms with E-state index in [0.29, 0.717) is 32.6 Å². The summed E-state index contributed by atoms with van der Waals surface area (Å²) in [5.74, 6) is -0.513. The van der Waals surface area contributed by atoms with Gasteiger partial charge in [0.2, 0.25) is 26.8 Å². The van der Waals surface area contributed by atoms with E-state index in [1.54, 1.807) is 27.7 Å². The fourth-order valence-corrected chi connectivity index (χ4v) is 11.4. The average Bonchev–Trinajstić information content (AvgIpc) is 3.12. The maximum Gasteiger partial charge on any atom is 0.408 e. The van der Waals surface area contributed by atoms with Crippen LogP contribution in [-0.4, -0.2) is 82.1 Å². The van der Waals surface area contributed by atoms with Crippen molar-refractivity contribution in [1.82, 2.24) is 13.9 Å². The van der Waals surface area contributed by atoms with E-state index in [9.17, 15) is 31.3 Å². The van der Waals surface area contributed by atoms with Crippen molar-refractivity contribution in [2.45, 2.75) is 103 Å². The predicted octanol–water partition coefficient (Wildman–Crippen LogP) is 7.51. The smallest absolute Gasteiger partial charge is 0.408 e. The van der Waals surface area contributed by atoms with Crippen LogP contribution >= 0.6 is 0 Å². The lowest BCUT2D eigenvalue weighted by atomic mass is 9.94. The lowest BCUT2D eigenvalue weighted by Gasteiger charge is -2.34. The summed E-state index contributed by atoms with van der Waals surface area (Å²) >= 11 is 0. The molecule has 0 aliphatic carbocycles. The van der Waals surface area contributed by atoms with Crippen molar-refractivity contribution in [3.8, 4) is 0 Å². The molecule has 6 atom stereocenters. The number of hydrogen-bond donors (Lipinski definition) is 2. The summed E-state index contributed by atoms with van der Waals surface area (Å²) in [6, 6.07) is 7.63. The van der Waals surface area contributed by atoms with Crippen LogP contribution in [0.15, 0.2) is 51.4 Å². The Bertz CT molecular complexity index is 2070. The third kappa shape index (κ3) is 10.0. The molecule has 57 heavy (non-hydrogen) atoms. The molecule has 2 aliphatic rings. The highest BCUT2D eigenvalue weighted by molar-refractivity contribution is 7.89. The molecular weight excluding hydrogens is 775 g/mol. The van der Waals surface area contributed by atoms with Crippen LogP contribution in [0.3, 0.4) is 0 Å². The molecule has 1 amide bonds. The van der Waals surface area contributed by atoms with E-state index in [4.69, 9.17) is 14.3 Å². The number of benzene rings is 3. The number of sulfonamides is 2. The number of esters is 1. The number of carbonyl (C=O) groups excluding carboxylic acids is 2. The largest absolute Gasteiger partial charge is 0.444 e. The van der Waals surface area contributed by atoms with Gasteiger partial charge in [-0.2, -0.15) is 8.61 Å². The molecule has 2 unspecified atom stereocenters. The van der Waals surface area contributed by atoms with Gasteiger partial charge >= 0.3 is 12.1 Å². The molecule has 2 aliphatic heterocycles. The van der Waals surface area contributed by atoms with Gasteiger partial charge in [0.25, 0.3) is 0 Å². The van der Waals surface area contributed by atoms with Gasteiger partial charge in [0.15, 0.2) is 0 Å². The molecule has 2 fully saturated rings. The molecule has 0 spiro atoms. The number of nitroso groups, excluding NO2 is 1. The van der Waals surface area contributed by atoms with Gasteiger partial charge in [-0.1, -0.05) is 60.1 Å². The molecule has 2 saturated heterocycles. The van der Waals surface area contributed by atoms with Crippen molar-refractivity contribution in [3.63, 3.8) is 0 Å². The molecule has 0 bridgehead atoms. The van der Waals surface area contributed by atoms with Gasteiger partial charge in [-0.3, -0.25) is 5.48 Å². The van der Waals surface area contributed by atoms with Gasteiger partial charge in [-0.05, 0) is 92.6 Å².